The van der Waals surface area contributed by atoms with Crippen molar-refractivity contribution in [2.24, 2.45) is 0 Å². The molecule has 0 spiro atoms. The Morgan fingerprint density at radius 2 is 1.51 bits per heavy atom. The molecule has 0 aromatic heterocycles. The van der Waals surface area contributed by atoms with Crippen LogP contribution < -0.4 is 19.1 Å². The van der Waals surface area contributed by atoms with Crippen LogP contribution in [-0.4, -0.2) is 32.5 Å². The number of para-hydroxylation sites is 1. The predicted octanol–water partition coefficient (Wildman–Crippen LogP) is 8.35. The summed E-state index contributed by atoms with van der Waals surface area (Å²) in [6, 6.07) is 16.9. The molecule has 0 bridgehead atoms. The molecule has 8 heteroatoms. The van der Waals surface area contributed by atoms with Gasteiger partial charge in [0, 0.05) is 27.8 Å². The van der Waals surface area contributed by atoms with E-state index in [1.54, 1.807) is 43.5 Å². The zero-order valence-corrected chi connectivity index (χ0v) is 25.7. The minimum atomic E-state index is -0.439. The van der Waals surface area contributed by atoms with E-state index in [4.69, 9.17) is 4.74 Å². The molecule has 0 atom stereocenters. The monoisotopic (exact) mass is 723 g/mol. The third-order valence-corrected chi connectivity index (χ3v) is 11.1. The molecular weight excluding hydrogens is 685 g/mol. The molecule has 35 heavy (non-hydrogen) atoms. The molecule has 2 aliphatic rings. The number of rotatable bonds is 7. The maximum absolute atomic E-state index is 11.6. The minimum absolute atomic E-state index is 0.210. The summed E-state index contributed by atoms with van der Waals surface area (Å²) < 4.78 is 21.0. The Balaban J connectivity index is 0.000000280. The van der Waals surface area contributed by atoms with Gasteiger partial charge in [0.1, 0.15) is 5.30 Å². The van der Waals surface area contributed by atoms with E-state index in [1.807, 2.05) is 0 Å². The summed E-state index contributed by atoms with van der Waals surface area (Å²) in [4.78, 5) is 2.35. The zero-order valence-electron chi connectivity index (χ0n) is 21.0. The molecule has 3 nitrogen and oxygen atoms in total. The van der Waals surface area contributed by atoms with Crippen molar-refractivity contribution < 1.29 is 32.8 Å². The third kappa shape index (κ3) is 9.76. The topological polar surface area (TPSA) is 21.7 Å². The molecule has 0 heterocycles. The molecule has 2 aromatic rings. The van der Waals surface area contributed by atoms with Gasteiger partial charge in [0.15, 0.2) is 0 Å². The summed E-state index contributed by atoms with van der Waals surface area (Å²) in [6.07, 6.45) is 14.9. The maximum atomic E-state index is 11.6. The summed E-state index contributed by atoms with van der Waals surface area (Å²) in [5.74, 6) is 0.830. The van der Waals surface area contributed by atoms with Crippen molar-refractivity contribution in [2.45, 2.75) is 75.5 Å². The molecule has 2 fully saturated rings. The first-order chi connectivity index (χ1) is 17.2. The molecular formula is C27H39AuClFNO2PS. The Morgan fingerprint density at radius 3 is 2.03 bits per heavy atom. The number of hydrogen-bond donors (Lipinski definition) is 0. The molecule has 4 rings (SSSR count). The first kappa shape index (κ1) is 30.8. The van der Waals surface area contributed by atoms with Crippen molar-refractivity contribution in [1.82, 2.24) is 0 Å². The molecule has 0 N–H and O–H groups in total. The molecule has 2 saturated carbocycles. The second-order valence-corrected chi connectivity index (χ2v) is 12.6. The van der Waals surface area contributed by atoms with Gasteiger partial charge in [0.2, 0.25) is 0 Å². The van der Waals surface area contributed by atoms with Crippen molar-refractivity contribution in [2.75, 3.05) is 26.1 Å². The molecule has 2 aromatic carbocycles. The fourth-order valence-corrected chi connectivity index (χ4v) is 10.1. The van der Waals surface area contributed by atoms with Gasteiger partial charge in [0.25, 0.3) is 12.4 Å². The van der Waals surface area contributed by atoms with Gasteiger partial charge in [-0.05, 0) is 63.5 Å². The van der Waals surface area contributed by atoms with Crippen LogP contribution in [-0.2, 0) is 20.0 Å². The SMILES string of the molecule is CN(C)c1ccccc1[PH+](C1CCCCC1)C1CCCCC1.COc1c[c-]ccc1OSF.[Cl][Au]. The van der Waals surface area contributed by atoms with Crippen LogP contribution in [0, 0.1) is 6.07 Å². The molecule has 0 unspecified atom stereocenters. The van der Waals surface area contributed by atoms with Crippen molar-refractivity contribution >= 4 is 40.5 Å². The Morgan fingerprint density at radius 1 is 0.943 bits per heavy atom. The number of ether oxygens (including phenoxy) is 1. The fraction of sp³-hybridized carbons (Fsp3) is 0.556. The Hall–Kier alpha value is -0.420. The van der Waals surface area contributed by atoms with Crippen molar-refractivity contribution in [3.8, 4) is 11.5 Å². The van der Waals surface area contributed by atoms with Gasteiger partial charge in [0.05, 0.1) is 29.9 Å². The fourth-order valence-electron chi connectivity index (χ4n) is 5.37. The van der Waals surface area contributed by atoms with E-state index >= 15 is 0 Å². The summed E-state index contributed by atoms with van der Waals surface area (Å²) >= 11 is 1.54. The van der Waals surface area contributed by atoms with Crippen LogP contribution in [0.5, 0.6) is 11.5 Å². The number of nitrogens with zero attached hydrogens (tertiary/aromatic N) is 1. The van der Waals surface area contributed by atoms with Crippen LogP contribution in [0.3, 0.4) is 0 Å². The summed E-state index contributed by atoms with van der Waals surface area (Å²) in [6.45, 7) is 0. The van der Waals surface area contributed by atoms with Crippen molar-refractivity contribution in [3.05, 3.63) is 48.5 Å². The van der Waals surface area contributed by atoms with E-state index in [0.717, 1.165) is 11.3 Å². The van der Waals surface area contributed by atoms with Crippen LogP contribution in [0.4, 0.5) is 9.57 Å². The van der Waals surface area contributed by atoms with E-state index in [2.05, 4.69) is 62.7 Å². The summed E-state index contributed by atoms with van der Waals surface area (Å²) in [5, 5.41) is 1.75. The van der Waals surface area contributed by atoms with E-state index < -0.39 is 7.92 Å². The standard InChI is InChI=1S/C20H32NP.C7H6FO2S.Au.ClH/c1-21(2)19-15-9-10-16-20(19)22(17-11-5-3-6-12-17)18-13-7-4-8-14-18;1-9-6-4-2-3-5-7(6)10-11-8;;/h9-10,15-18H,3-8,11-14H2,1-2H3;3-5H,1H3;;1H/q;-1;+1;. The van der Waals surface area contributed by atoms with Crippen LogP contribution >= 0.6 is 29.5 Å². The van der Waals surface area contributed by atoms with E-state index in [0.29, 0.717) is 11.5 Å². The second kappa shape index (κ2) is 17.9. The molecule has 200 valence electrons. The van der Waals surface area contributed by atoms with Gasteiger partial charge in [-0.15, -0.1) is 16.0 Å². The molecule has 0 amide bonds. The predicted molar refractivity (Wildman–Crippen MR) is 149 cm³/mol. The Kier molecular flexibility index (Phi) is 15.8. The van der Waals surface area contributed by atoms with Crippen LogP contribution in [0.15, 0.2) is 42.5 Å². The normalized spacial score (nSPS) is 16.5. The van der Waals surface area contributed by atoms with Crippen LogP contribution in [0.1, 0.15) is 64.2 Å². The zero-order chi connectivity index (χ0) is 25.5. The van der Waals surface area contributed by atoms with Gasteiger partial charge >= 0.3 is 29.2 Å². The quantitative estimate of drug-likeness (QED) is 0.124. The summed E-state index contributed by atoms with van der Waals surface area (Å²) in [7, 11) is 10.1. The van der Waals surface area contributed by atoms with Gasteiger partial charge < -0.3 is 13.8 Å². The van der Waals surface area contributed by atoms with Crippen LogP contribution in [0.2, 0.25) is 0 Å². The van der Waals surface area contributed by atoms with Gasteiger partial charge in [-0.1, -0.05) is 25.0 Å². The van der Waals surface area contributed by atoms with E-state index in [9.17, 15) is 3.89 Å². The molecule has 0 radical (unpaired) electrons. The third-order valence-electron chi connectivity index (χ3n) is 6.92. The molecule has 0 aliphatic heterocycles. The van der Waals surface area contributed by atoms with Gasteiger partial charge in [-0.2, -0.15) is 12.1 Å². The number of anilines is 1. The average Bonchev–Trinajstić information content (AvgIpc) is 2.92. The molecule has 2 aliphatic carbocycles. The summed E-state index contributed by atoms with van der Waals surface area (Å²) in [5.41, 5.74) is 3.57. The van der Waals surface area contributed by atoms with Crippen LogP contribution in [0.25, 0.3) is 0 Å². The number of halogens is 2. The van der Waals surface area contributed by atoms with E-state index in [-0.39, 0.29) is 12.4 Å². The Labute approximate surface area is 233 Å². The number of methoxy groups -OCH3 is 1. The second-order valence-electron chi connectivity index (χ2n) is 9.26. The van der Waals surface area contributed by atoms with Crippen molar-refractivity contribution in [3.63, 3.8) is 0 Å². The van der Waals surface area contributed by atoms with E-state index in [1.165, 1.54) is 77.0 Å². The first-order valence-electron chi connectivity index (χ1n) is 12.4. The Bertz CT molecular complexity index is 820. The first-order valence-corrected chi connectivity index (χ1v) is 17.4. The van der Waals surface area contributed by atoms with Gasteiger partial charge in [-0.25, -0.2) is 0 Å². The number of hydrogen-bond acceptors (Lipinski definition) is 4. The van der Waals surface area contributed by atoms with Gasteiger partial charge in [-0.3, -0.25) is 0 Å². The van der Waals surface area contributed by atoms with Crippen molar-refractivity contribution in [1.29, 1.82) is 0 Å². The average molecular weight is 724 g/mol. The number of benzene rings is 2. The molecule has 0 saturated heterocycles.